The highest BCUT2D eigenvalue weighted by molar-refractivity contribution is 5.87. The third-order valence-electron chi connectivity index (χ3n) is 6.48. The van der Waals surface area contributed by atoms with Gasteiger partial charge in [0.1, 0.15) is 0 Å². The fraction of sp³-hybridized carbons (Fsp3) is 0.417. The maximum atomic E-state index is 9.86. The van der Waals surface area contributed by atoms with E-state index in [2.05, 4.69) is 26.4 Å². The second-order valence-corrected chi connectivity index (χ2v) is 8.70. The molecule has 2 fully saturated rings. The van der Waals surface area contributed by atoms with Gasteiger partial charge in [-0.05, 0) is 12.5 Å². The Kier molecular flexibility index (Phi) is 5.50. The van der Waals surface area contributed by atoms with Crippen molar-refractivity contribution in [3.05, 3.63) is 36.5 Å². The second-order valence-electron chi connectivity index (χ2n) is 8.70. The third-order valence-corrected chi connectivity index (χ3v) is 6.48. The molecule has 0 atom stereocenters. The summed E-state index contributed by atoms with van der Waals surface area (Å²) in [6.07, 6.45) is 1.58. The van der Waals surface area contributed by atoms with Crippen molar-refractivity contribution in [1.82, 2.24) is 29.3 Å². The first kappa shape index (κ1) is 21.8. The molecule has 35 heavy (non-hydrogen) atoms. The number of benzene rings is 1. The molecule has 182 valence electrons. The molecule has 2 aliphatic heterocycles. The molecule has 3 aromatic heterocycles. The van der Waals surface area contributed by atoms with Crippen molar-refractivity contribution in [2.24, 2.45) is 0 Å². The highest BCUT2D eigenvalue weighted by Gasteiger charge is 2.31. The van der Waals surface area contributed by atoms with Gasteiger partial charge < -0.3 is 24.4 Å². The van der Waals surface area contributed by atoms with Crippen LogP contribution in [0.3, 0.4) is 0 Å². The van der Waals surface area contributed by atoms with Crippen molar-refractivity contribution in [3.8, 4) is 23.0 Å². The Balaban J connectivity index is 1.52. The summed E-state index contributed by atoms with van der Waals surface area (Å²) in [6, 6.07) is 9.99. The van der Waals surface area contributed by atoms with Crippen LogP contribution in [0.15, 0.2) is 36.5 Å². The van der Waals surface area contributed by atoms with Crippen molar-refractivity contribution >= 4 is 22.9 Å². The number of morpholine rings is 1. The summed E-state index contributed by atoms with van der Waals surface area (Å²) in [5.74, 6) is 2.52. The number of aliphatic hydroxyl groups excluding tert-OH is 1. The molecule has 1 aromatic carbocycles. The SMILES string of the molecule is CCn1c(N2CC(O)C2)nc2c(N3CCOCC3)nc(-n3cc(-c4ccccc4)c(OC)n3)nc21. The van der Waals surface area contributed by atoms with Crippen LogP contribution in [0.1, 0.15) is 6.92 Å². The van der Waals surface area contributed by atoms with E-state index >= 15 is 0 Å². The van der Waals surface area contributed by atoms with Crippen LogP contribution in [-0.2, 0) is 11.3 Å². The van der Waals surface area contributed by atoms with Gasteiger partial charge >= 0.3 is 0 Å². The zero-order valence-electron chi connectivity index (χ0n) is 19.8. The highest BCUT2D eigenvalue weighted by atomic mass is 16.5. The number of β-amino-alcohol motifs (C(OH)–C–C–N with tert-alkyl or cyclic N) is 1. The number of aryl methyl sites for hydroxylation is 1. The highest BCUT2D eigenvalue weighted by Crippen LogP contribution is 2.33. The minimum Gasteiger partial charge on any atom is -0.479 e. The van der Waals surface area contributed by atoms with Crippen molar-refractivity contribution in [2.75, 3.05) is 56.3 Å². The van der Waals surface area contributed by atoms with Crippen LogP contribution in [0.2, 0.25) is 0 Å². The van der Waals surface area contributed by atoms with Crippen LogP contribution in [0.25, 0.3) is 28.2 Å². The van der Waals surface area contributed by atoms with Gasteiger partial charge in [0.25, 0.3) is 5.95 Å². The van der Waals surface area contributed by atoms with Gasteiger partial charge in [0.05, 0.1) is 32.0 Å². The first-order chi connectivity index (χ1) is 17.2. The van der Waals surface area contributed by atoms with Crippen LogP contribution in [-0.4, -0.2) is 87.0 Å². The van der Waals surface area contributed by atoms with Crippen LogP contribution in [0.4, 0.5) is 11.8 Å². The van der Waals surface area contributed by atoms with Crippen molar-refractivity contribution in [3.63, 3.8) is 0 Å². The second kappa shape index (κ2) is 8.82. The van der Waals surface area contributed by atoms with Crippen LogP contribution < -0.4 is 14.5 Å². The summed E-state index contributed by atoms with van der Waals surface area (Å²) in [6.45, 7) is 6.60. The number of aliphatic hydroxyl groups is 1. The number of hydrogen-bond acceptors (Lipinski definition) is 9. The van der Waals surface area contributed by atoms with Gasteiger partial charge in [-0.25, -0.2) is 9.67 Å². The van der Waals surface area contributed by atoms with Crippen LogP contribution in [0.5, 0.6) is 5.88 Å². The van der Waals surface area contributed by atoms with E-state index in [1.165, 1.54) is 0 Å². The number of imidazole rings is 1. The lowest BCUT2D eigenvalue weighted by Crippen LogP contribution is -2.51. The first-order valence-corrected chi connectivity index (χ1v) is 11.9. The lowest BCUT2D eigenvalue weighted by Gasteiger charge is -2.36. The zero-order valence-corrected chi connectivity index (χ0v) is 19.8. The molecule has 1 N–H and O–H groups in total. The van der Waals surface area contributed by atoms with Crippen LogP contribution >= 0.6 is 0 Å². The van der Waals surface area contributed by atoms with E-state index in [0.717, 1.165) is 47.1 Å². The normalized spacial score (nSPS) is 16.7. The molecule has 0 aliphatic carbocycles. The van der Waals surface area contributed by atoms with Crippen molar-refractivity contribution in [2.45, 2.75) is 19.6 Å². The fourth-order valence-corrected chi connectivity index (χ4v) is 4.64. The van der Waals surface area contributed by atoms with E-state index in [1.54, 1.807) is 11.8 Å². The maximum absolute atomic E-state index is 9.86. The Hall–Kier alpha value is -3.70. The maximum Gasteiger partial charge on any atom is 0.254 e. The van der Waals surface area contributed by atoms with Crippen molar-refractivity contribution < 1.29 is 14.6 Å². The molecule has 11 heteroatoms. The Morgan fingerprint density at radius 3 is 2.51 bits per heavy atom. The predicted molar refractivity (Wildman–Crippen MR) is 131 cm³/mol. The van der Waals surface area contributed by atoms with Crippen molar-refractivity contribution in [1.29, 1.82) is 0 Å². The average molecular weight is 477 g/mol. The molecule has 0 saturated carbocycles. The predicted octanol–water partition coefficient (Wildman–Crippen LogP) is 1.72. The van der Waals surface area contributed by atoms with E-state index in [0.29, 0.717) is 44.7 Å². The lowest BCUT2D eigenvalue weighted by atomic mass is 10.1. The summed E-state index contributed by atoms with van der Waals surface area (Å²) in [4.78, 5) is 19.1. The smallest absolute Gasteiger partial charge is 0.254 e. The Labute approximate surface area is 202 Å². The van der Waals surface area contributed by atoms with Gasteiger partial charge in [0, 0.05) is 38.9 Å². The number of methoxy groups -OCH3 is 1. The van der Waals surface area contributed by atoms with Gasteiger partial charge in [0.2, 0.25) is 11.8 Å². The number of fused-ring (bicyclic) bond motifs is 1. The van der Waals surface area contributed by atoms with Crippen LogP contribution in [0, 0.1) is 0 Å². The number of hydrogen-bond donors (Lipinski definition) is 1. The number of aromatic nitrogens is 6. The average Bonchev–Trinajstić information content (AvgIpc) is 3.48. The Morgan fingerprint density at radius 2 is 1.83 bits per heavy atom. The van der Waals surface area contributed by atoms with Gasteiger partial charge in [-0.1, -0.05) is 30.3 Å². The van der Waals surface area contributed by atoms with Gasteiger partial charge in [-0.2, -0.15) is 9.97 Å². The molecule has 11 nitrogen and oxygen atoms in total. The monoisotopic (exact) mass is 476 g/mol. The van der Waals surface area contributed by atoms with Gasteiger partial charge in [-0.15, -0.1) is 5.10 Å². The molecule has 2 saturated heterocycles. The summed E-state index contributed by atoms with van der Waals surface area (Å²) in [5, 5.41) is 14.5. The molecule has 0 amide bonds. The molecule has 5 heterocycles. The Bertz CT molecular complexity index is 1340. The summed E-state index contributed by atoms with van der Waals surface area (Å²) < 4.78 is 14.9. The summed E-state index contributed by atoms with van der Waals surface area (Å²) >= 11 is 0. The minimum atomic E-state index is -0.326. The van der Waals surface area contributed by atoms with E-state index in [4.69, 9.17) is 24.4 Å². The molecular weight excluding hydrogens is 448 g/mol. The topological polar surface area (TPSA) is 107 Å². The first-order valence-electron chi connectivity index (χ1n) is 11.9. The molecule has 0 unspecified atom stereocenters. The fourth-order valence-electron chi connectivity index (χ4n) is 4.64. The number of nitrogens with zero attached hydrogens (tertiary/aromatic N) is 8. The molecule has 2 aliphatic rings. The molecular formula is C24H28N8O3. The van der Waals surface area contributed by atoms with E-state index in [-0.39, 0.29) is 6.10 Å². The minimum absolute atomic E-state index is 0.326. The van der Waals surface area contributed by atoms with Gasteiger partial charge in [-0.3, -0.25) is 4.57 Å². The largest absolute Gasteiger partial charge is 0.479 e. The number of ether oxygens (including phenoxy) is 2. The third kappa shape index (κ3) is 3.76. The zero-order chi connectivity index (χ0) is 23.9. The quantitative estimate of drug-likeness (QED) is 0.445. The molecule has 4 aromatic rings. The molecule has 0 bridgehead atoms. The standard InChI is InChI=1S/C24H28N8O3/c1-3-31-21-19(25-24(31)30-13-17(33)14-30)20(29-9-11-35-12-10-29)26-23(27-21)32-15-18(22(28-32)34-2)16-7-5-4-6-8-16/h4-8,15,17,33H,3,9-14H2,1-2H3. The molecule has 0 radical (unpaired) electrons. The summed E-state index contributed by atoms with van der Waals surface area (Å²) in [5.41, 5.74) is 3.36. The Morgan fingerprint density at radius 1 is 1.06 bits per heavy atom. The van der Waals surface area contributed by atoms with E-state index in [9.17, 15) is 5.11 Å². The summed E-state index contributed by atoms with van der Waals surface area (Å²) in [7, 11) is 1.61. The van der Waals surface area contributed by atoms with Gasteiger partial charge in [0.15, 0.2) is 17.0 Å². The number of rotatable bonds is 6. The van der Waals surface area contributed by atoms with E-state index < -0.39 is 0 Å². The molecule has 6 rings (SSSR count). The number of anilines is 2. The van der Waals surface area contributed by atoms with E-state index in [1.807, 2.05) is 36.5 Å². The molecule has 0 spiro atoms. The lowest BCUT2D eigenvalue weighted by molar-refractivity contribution is 0.122.